The maximum absolute atomic E-state index is 6.71. The second-order valence-electron chi connectivity index (χ2n) is 2.33. The molecule has 0 spiro atoms. The molecule has 0 aliphatic carbocycles. The minimum atomic E-state index is 0.625. The fourth-order valence-electron chi connectivity index (χ4n) is 0.890. The van der Waals surface area contributed by atoms with Gasteiger partial charge in [0.25, 0.3) is 0 Å². The van der Waals surface area contributed by atoms with Crippen molar-refractivity contribution in [2.75, 3.05) is 5.12 Å². The van der Waals surface area contributed by atoms with Gasteiger partial charge < -0.3 is 0 Å². The Balaban J connectivity index is 3.00. The first-order valence-corrected chi connectivity index (χ1v) is 3.39. The van der Waals surface area contributed by atoms with Gasteiger partial charge in [0.05, 0.1) is 5.69 Å². The van der Waals surface area contributed by atoms with E-state index in [0.29, 0.717) is 5.69 Å². The minimum absolute atomic E-state index is 0.625. The first-order valence-electron chi connectivity index (χ1n) is 3.39. The monoisotopic (exact) mass is 163 g/mol. The number of anilines is 1. The normalized spacial score (nSPS) is 9.08. The Hall–Kier alpha value is -1.78. The van der Waals surface area contributed by atoms with Crippen LogP contribution in [0.25, 0.3) is 0 Å². The zero-order valence-corrected chi connectivity index (χ0v) is 6.65. The van der Waals surface area contributed by atoms with Crippen LogP contribution in [0, 0.1) is 18.0 Å². The Morgan fingerprint density at radius 3 is 2.42 bits per heavy atom. The van der Waals surface area contributed by atoms with Gasteiger partial charge in [-0.05, 0) is 24.6 Å². The molecule has 5 nitrogen and oxygen atoms in total. The van der Waals surface area contributed by atoms with Crippen LogP contribution in [0.15, 0.2) is 34.7 Å². The lowest BCUT2D eigenvalue weighted by Crippen LogP contribution is -2.04. The second-order valence-corrected chi connectivity index (χ2v) is 2.33. The molecule has 1 aromatic rings. The molecule has 12 heavy (non-hydrogen) atoms. The highest BCUT2D eigenvalue weighted by Gasteiger charge is 2.01. The predicted octanol–water partition coefficient (Wildman–Crippen LogP) is 2.69. The Morgan fingerprint density at radius 1 is 1.25 bits per heavy atom. The standard InChI is InChI=1S/C7H9N5/c1-6-3-2-4-7(5-6)12(10-8)11-9/h2-5,8-9H,1H3. The lowest BCUT2D eigenvalue weighted by molar-refractivity contribution is 0.754. The van der Waals surface area contributed by atoms with Crippen molar-refractivity contribution >= 4 is 5.69 Å². The molecule has 0 atom stereocenters. The van der Waals surface area contributed by atoms with Crippen molar-refractivity contribution in [3.05, 3.63) is 29.8 Å². The molecule has 0 aromatic heterocycles. The van der Waals surface area contributed by atoms with Gasteiger partial charge in [0.1, 0.15) is 0 Å². The van der Waals surface area contributed by atoms with Crippen molar-refractivity contribution in [1.29, 1.82) is 11.1 Å². The van der Waals surface area contributed by atoms with E-state index in [4.69, 9.17) is 11.1 Å². The number of hydrogen-bond donors (Lipinski definition) is 2. The summed E-state index contributed by atoms with van der Waals surface area (Å²) in [5, 5.41) is 7.03. The van der Waals surface area contributed by atoms with Gasteiger partial charge in [-0.1, -0.05) is 22.6 Å². The highest BCUT2D eigenvalue weighted by Crippen LogP contribution is 2.15. The molecule has 0 amide bonds. The van der Waals surface area contributed by atoms with E-state index >= 15 is 0 Å². The fourth-order valence-corrected chi connectivity index (χ4v) is 0.890. The van der Waals surface area contributed by atoms with Gasteiger partial charge in [-0.3, -0.25) is 0 Å². The van der Waals surface area contributed by atoms with E-state index in [1.165, 1.54) is 0 Å². The third-order valence-electron chi connectivity index (χ3n) is 1.42. The molecule has 0 heterocycles. The van der Waals surface area contributed by atoms with E-state index in [1.807, 2.05) is 19.1 Å². The van der Waals surface area contributed by atoms with E-state index in [9.17, 15) is 0 Å². The average Bonchev–Trinajstić information content (AvgIpc) is 2.07. The van der Waals surface area contributed by atoms with Crippen molar-refractivity contribution in [3.63, 3.8) is 0 Å². The van der Waals surface area contributed by atoms with Gasteiger partial charge in [-0.2, -0.15) is 11.1 Å². The van der Waals surface area contributed by atoms with Crippen LogP contribution in [0.4, 0.5) is 5.69 Å². The predicted molar refractivity (Wildman–Crippen MR) is 44.0 cm³/mol. The van der Waals surface area contributed by atoms with Crippen molar-refractivity contribution < 1.29 is 0 Å². The molecule has 5 heteroatoms. The third-order valence-corrected chi connectivity index (χ3v) is 1.42. The Morgan fingerprint density at radius 2 is 1.92 bits per heavy atom. The van der Waals surface area contributed by atoms with Crippen LogP contribution in [0.5, 0.6) is 0 Å². The van der Waals surface area contributed by atoms with Crippen LogP contribution in [0.3, 0.4) is 0 Å². The summed E-state index contributed by atoms with van der Waals surface area (Å²) in [5.41, 5.74) is 15.1. The highest BCUT2D eigenvalue weighted by atomic mass is 15.7. The van der Waals surface area contributed by atoms with Crippen LogP contribution >= 0.6 is 0 Å². The van der Waals surface area contributed by atoms with Crippen molar-refractivity contribution in [3.8, 4) is 0 Å². The Bertz CT molecular complexity index is 288. The molecular formula is C7H9N5. The van der Waals surface area contributed by atoms with Crippen LogP contribution < -0.4 is 5.12 Å². The van der Waals surface area contributed by atoms with Crippen LogP contribution in [0.1, 0.15) is 5.56 Å². The highest BCUT2D eigenvalue weighted by molar-refractivity contribution is 5.46. The summed E-state index contributed by atoms with van der Waals surface area (Å²) in [5.74, 6) is 0. The summed E-state index contributed by atoms with van der Waals surface area (Å²) in [6.45, 7) is 1.93. The molecule has 62 valence electrons. The van der Waals surface area contributed by atoms with Gasteiger partial charge in [-0.15, -0.1) is 5.12 Å². The van der Waals surface area contributed by atoms with Gasteiger partial charge in [-0.25, -0.2) is 0 Å². The topological polar surface area (TPSA) is 75.7 Å². The van der Waals surface area contributed by atoms with E-state index in [2.05, 4.69) is 10.4 Å². The molecule has 2 N–H and O–H groups in total. The van der Waals surface area contributed by atoms with Crippen molar-refractivity contribution in [2.45, 2.75) is 6.92 Å². The molecule has 0 unspecified atom stereocenters. The first-order chi connectivity index (χ1) is 5.77. The molecule has 0 radical (unpaired) electrons. The maximum atomic E-state index is 6.71. The fraction of sp³-hybridized carbons (Fsp3) is 0.143. The van der Waals surface area contributed by atoms with Crippen molar-refractivity contribution in [1.82, 2.24) is 0 Å². The van der Waals surface area contributed by atoms with E-state index in [-0.39, 0.29) is 0 Å². The lowest BCUT2D eigenvalue weighted by Gasteiger charge is -2.07. The number of hydrogen-bond acceptors (Lipinski definition) is 4. The Labute approximate surface area is 70.0 Å². The zero-order chi connectivity index (χ0) is 8.97. The summed E-state index contributed by atoms with van der Waals surface area (Å²) in [6, 6.07) is 7.29. The zero-order valence-electron chi connectivity index (χ0n) is 6.65. The van der Waals surface area contributed by atoms with E-state index in [1.54, 1.807) is 12.1 Å². The van der Waals surface area contributed by atoms with Crippen LogP contribution in [-0.2, 0) is 0 Å². The minimum Gasteiger partial charge on any atom is -0.184 e. The van der Waals surface area contributed by atoms with E-state index < -0.39 is 0 Å². The van der Waals surface area contributed by atoms with Crippen molar-refractivity contribution in [2.24, 2.45) is 10.4 Å². The number of rotatable bonds is 3. The summed E-state index contributed by atoms with van der Waals surface area (Å²) < 4.78 is 0. The van der Waals surface area contributed by atoms with Gasteiger partial charge >= 0.3 is 0 Å². The Kier molecular flexibility index (Phi) is 2.47. The number of aryl methyl sites for hydroxylation is 1. The molecule has 0 aliphatic heterocycles. The molecule has 0 saturated carbocycles. The van der Waals surface area contributed by atoms with Gasteiger partial charge in [0.2, 0.25) is 0 Å². The second kappa shape index (κ2) is 3.56. The maximum Gasteiger partial charge on any atom is 0.0894 e. The molecular weight excluding hydrogens is 154 g/mol. The smallest absolute Gasteiger partial charge is 0.0894 e. The molecule has 0 aliphatic rings. The number of nitrogens with one attached hydrogen (secondary N) is 2. The summed E-state index contributed by atoms with van der Waals surface area (Å²) >= 11 is 0. The van der Waals surface area contributed by atoms with E-state index in [0.717, 1.165) is 10.7 Å². The first kappa shape index (κ1) is 8.32. The SMILES string of the molecule is Cc1cccc(N(N=N)N=N)c1. The quantitative estimate of drug-likeness (QED) is 0.521. The van der Waals surface area contributed by atoms with Crippen LogP contribution in [0.2, 0.25) is 0 Å². The summed E-state index contributed by atoms with van der Waals surface area (Å²) in [6.07, 6.45) is 0. The number of benzene rings is 1. The van der Waals surface area contributed by atoms with Crippen LogP contribution in [-0.4, -0.2) is 0 Å². The molecule has 0 fully saturated rings. The van der Waals surface area contributed by atoms with Gasteiger partial charge in [0, 0.05) is 0 Å². The summed E-state index contributed by atoms with van der Waals surface area (Å²) in [7, 11) is 0. The molecule has 0 saturated heterocycles. The number of nitrogens with zero attached hydrogens (tertiary/aromatic N) is 3. The summed E-state index contributed by atoms with van der Waals surface area (Å²) in [4.78, 5) is 0. The third kappa shape index (κ3) is 1.63. The molecule has 0 bridgehead atoms. The largest absolute Gasteiger partial charge is 0.184 e. The molecule has 1 rings (SSSR count). The average molecular weight is 163 g/mol. The van der Waals surface area contributed by atoms with Gasteiger partial charge in [0.15, 0.2) is 0 Å². The lowest BCUT2D eigenvalue weighted by atomic mass is 10.2. The molecule has 1 aromatic carbocycles.